The van der Waals surface area contributed by atoms with E-state index in [4.69, 9.17) is 4.74 Å². The molecule has 6 heteroatoms. The molecule has 0 atom stereocenters. The molecule has 1 aromatic carbocycles. The SMILES string of the molecule is CCCCCCN1C(=O)C(=NNC(=O)CC(C)C)c2ccc(OC)cc21. The number of unbranched alkanes of at least 4 members (excludes halogenated alkanes) is 3. The fourth-order valence-electron chi connectivity index (χ4n) is 2.98. The largest absolute Gasteiger partial charge is 0.497 e. The molecule has 0 unspecified atom stereocenters. The molecule has 2 amide bonds. The number of nitrogens with one attached hydrogen (secondary N) is 1. The van der Waals surface area contributed by atoms with Crippen molar-refractivity contribution in [3.63, 3.8) is 0 Å². The van der Waals surface area contributed by atoms with Crippen LogP contribution in [0.4, 0.5) is 5.69 Å². The van der Waals surface area contributed by atoms with Gasteiger partial charge in [0.05, 0.1) is 12.8 Å². The average Bonchev–Trinajstić information content (AvgIpc) is 2.87. The number of fused-ring (bicyclic) bond motifs is 1. The minimum atomic E-state index is -0.184. The third kappa shape index (κ3) is 4.84. The number of benzene rings is 1. The Morgan fingerprint density at radius 2 is 2.04 bits per heavy atom. The number of methoxy groups -OCH3 is 1. The second-order valence-corrected chi connectivity index (χ2v) is 6.99. The molecule has 1 N–H and O–H groups in total. The molecule has 26 heavy (non-hydrogen) atoms. The zero-order valence-corrected chi connectivity index (χ0v) is 16.2. The van der Waals surface area contributed by atoms with Crippen LogP contribution in [-0.2, 0) is 9.59 Å². The first-order valence-corrected chi connectivity index (χ1v) is 9.34. The summed E-state index contributed by atoms with van der Waals surface area (Å²) >= 11 is 0. The van der Waals surface area contributed by atoms with Crippen molar-refractivity contribution in [2.75, 3.05) is 18.6 Å². The highest BCUT2D eigenvalue weighted by Gasteiger charge is 2.34. The standard InChI is InChI=1S/C20H29N3O3/c1-5-6-7-8-11-23-17-13-15(26-4)9-10-16(17)19(20(23)25)22-21-18(24)12-14(2)3/h9-10,13-14H,5-8,11-12H2,1-4H3,(H,21,24). The van der Waals surface area contributed by atoms with Gasteiger partial charge in [-0.3, -0.25) is 9.59 Å². The Balaban J connectivity index is 2.22. The zero-order valence-electron chi connectivity index (χ0n) is 16.2. The van der Waals surface area contributed by atoms with Crippen LogP contribution in [0.15, 0.2) is 23.3 Å². The second-order valence-electron chi connectivity index (χ2n) is 6.99. The monoisotopic (exact) mass is 359 g/mol. The van der Waals surface area contributed by atoms with Crippen molar-refractivity contribution in [1.29, 1.82) is 0 Å². The first-order valence-electron chi connectivity index (χ1n) is 9.34. The number of nitrogens with zero attached hydrogens (tertiary/aromatic N) is 2. The summed E-state index contributed by atoms with van der Waals surface area (Å²) in [6.45, 7) is 6.73. The first-order chi connectivity index (χ1) is 12.5. The third-order valence-electron chi connectivity index (χ3n) is 4.32. The molecule has 0 fully saturated rings. The molecular formula is C20H29N3O3. The Morgan fingerprint density at radius 1 is 1.27 bits per heavy atom. The van der Waals surface area contributed by atoms with Crippen molar-refractivity contribution in [3.8, 4) is 5.75 Å². The van der Waals surface area contributed by atoms with Gasteiger partial charge in [-0.2, -0.15) is 5.10 Å². The summed E-state index contributed by atoms with van der Waals surface area (Å²) in [6, 6.07) is 5.48. The molecular weight excluding hydrogens is 330 g/mol. The third-order valence-corrected chi connectivity index (χ3v) is 4.32. The Hall–Kier alpha value is -2.37. The van der Waals surface area contributed by atoms with Gasteiger partial charge in [-0.15, -0.1) is 0 Å². The highest BCUT2D eigenvalue weighted by Crippen LogP contribution is 2.33. The highest BCUT2D eigenvalue weighted by molar-refractivity contribution is 6.54. The predicted molar refractivity (Wildman–Crippen MR) is 104 cm³/mol. The molecule has 1 heterocycles. The van der Waals surface area contributed by atoms with Crippen LogP contribution in [0.1, 0.15) is 58.4 Å². The quantitative estimate of drug-likeness (QED) is 0.542. The van der Waals surface area contributed by atoms with Crippen molar-refractivity contribution in [2.45, 2.75) is 52.9 Å². The maximum Gasteiger partial charge on any atom is 0.279 e. The summed E-state index contributed by atoms with van der Waals surface area (Å²) in [5.41, 5.74) is 4.34. The van der Waals surface area contributed by atoms with E-state index in [1.165, 1.54) is 0 Å². The Bertz CT molecular complexity index is 683. The maximum atomic E-state index is 12.9. The molecule has 142 valence electrons. The molecule has 1 aliphatic rings. The lowest BCUT2D eigenvalue weighted by molar-refractivity contribution is -0.121. The van der Waals surface area contributed by atoms with E-state index in [2.05, 4.69) is 17.5 Å². The average molecular weight is 359 g/mol. The maximum absolute atomic E-state index is 12.9. The van der Waals surface area contributed by atoms with Crippen molar-refractivity contribution in [3.05, 3.63) is 23.8 Å². The van der Waals surface area contributed by atoms with E-state index >= 15 is 0 Å². The Labute approximate surface area is 155 Å². The number of hydrazone groups is 1. The van der Waals surface area contributed by atoms with Gasteiger partial charge >= 0.3 is 0 Å². The van der Waals surface area contributed by atoms with E-state index in [0.717, 1.165) is 36.9 Å². The van der Waals surface area contributed by atoms with Crippen LogP contribution in [0, 0.1) is 5.92 Å². The van der Waals surface area contributed by atoms with Crippen molar-refractivity contribution in [1.82, 2.24) is 5.43 Å². The van der Waals surface area contributed by atoms with Crippen LogP contribution in [0.5, 0.6) is 5.75 Å². The zero-order chi connectivity index (χ0) is 19.1. The minimum Gasteiger partial charge on any atom is -0.497 e. The summed E-state index contributed by atoms with van der Waals surface area (Å²) in [4.78, 5) is 26.5. The van der Waals surface area contributed by atoms with Crippen LogP contribution >= 0.6 is 0 Å². The van der Waals surface area contributed by atoms with Crippen LogP contribution in [0.3, 0.4) is 0 Å². The lowest BCUT2D eigenvalue weighted by atomic mass is 10.1. The van der Waals surface area contributed by atoms with Crippen LogP contribution in [0.2, 0.25) is 0 Å². The number of ether oxygens (including phenoxy) is 1. The van der Waals surface area contributed by atoms with Gasteiger partial charge in [0.1, 0.15) is 5.75 Å². The van der Waals surface area contributed by atoms with Crippen LogP contribution < -0.4 is 15.1 Å². The summed E-state index contributed by atoms with van der Waals surface area (Å²) in [5.74, 6) is 0.577. The fraction of sp³-hybridized carbons (Fsp3) is 0.550. The molecule has 0 bridgehead atoms. The summed E-state index contributed by atoms with van der Waals surface area (Å²) in [6.07, 6.45) is 4.69. The normalized spacial score (nSPS) is 14.9. The summed E-state index contributed by atoms with van der Waals surface area (Å²) in [7, 11) is 1.60. The van der Waals surface area contributed by atoms with E-state index in [1.807, 2.05) is 26.0 Å². The number of amides is 2. The van der Waals surface area contributed by atoms with E-state index in [-0.39, 0.29) is 23.4 Å². The van der Waals surface area contributed by atoms with Crippen molar-refractivity contribution in [2.24, 2.45) is 11.0 Å². The summed E-state index contributed by atoms with van der Waals surface area (Å²) < 4.78 is 5.30. The first kappa shape index (κ1) is 19.9. The number of carbonyl (C=O) groups excluding carboxylic acids is 2. The molecule has 0 aliphatic carbocycles. The molecule has 0 aromatic heterocycles. The molecule has 1 aromatic rings. The van der Waals surface area contributed by atoms with Gasteiger partial charge in [-0.1, -0.05) is 40.0 Å². The van der Waals surface area contributed by atoms with E-state index in [1.54, 1.807) is 18.1 Å². The molecule has 6 nitrogen and oxygen atoms in total. The van der Waals surface area contributed by atoms with Gasteiger partial charge in [0.2, 0.25) is 5.91 Å². The van der Waals surface area contributed by atoms with Gasteiger partial charge in [-0.05, 0) is 24.5 Å². The Morgan fingerprint density at radius 3 is 2.69 bits per heavy atom. The van der Waals surface area contributed by atoms with Crippen LogP contribution in [0.25, 0.3) is 0 Å². The number of hydrogen-bond acceptors (Lipinski definition) is 4. The molecule has 0 spiro atoms. The minimum absolute atomic E-state index is 0.172. The molecule has 2 rings (SSSR count). The van der Waals surface area contributed by atoms with E-state index in [9.17, 15) is 9.59 Å². The van der Waals surface area contributed by atoms with Gasteiger partial charge in [0.25, 0.3) is 5.91 Å². The van der Waals surface area contributed by atoms with E-state index < -0.39 is 0 Å². The number of rotatable bonds is 9. The van der Waals surface area contributed by atoms with Crippen LogP contribution in [-0.4, -0.2) is 31.2 Å². The lowest BCUT2D eigenvalue weighted by Crippen LogP contribution is -2.32. The van der Waals surface area contributed by atoms with Crippen molar-refractivity contribution < 1.29 is 14.3 Å². The van der Waals surface area contributed by atoms with E-state index in [0.29, 0.717) is 18.7 Å². The lowest BCUT2D eigenvalue weighted by Gasteiger charge is -2.17. The van der Waals surface area contributed by atoms with Gasteiger partial charge in [-0.25, -0.2) is 5.43 Å². The predicted octanol–water partition coefficient (Wildman–Crippen LogP) is 3.49. The van der Waals surface area contributed by atoms with Gasteiger partial charge < -0.3 is 9.64 Å². The number of hydrogen-bond donors (Lipinski definition) is 1. The molecule has 0 radical (unpaired) electrons. The molecule has 1 aliphatic heterocycles. The van der Waals surface area contributed by atoms with Gasteiger partial charge in [0.15, 0.2) is 5.71 Å². The number of anilines is 1. The molecule has 0 saturated carbocycles. The van der Waals surface area contributed by atoms with Gasteiger partial charge in [0, 0.05) is 24.6 Å². The number of carbonyl (C=O) groups is 2. The fourth-order valence-corrected chi connectivity index (χ4v) is 2.98. The second kappa shape index (κ2) is 9.36. The topological polar surface area (TPSA) is 71.0 Å². The molecule has 0 saturated heterocycles. The smallest absolute Gasteiger partial charge is 0.279 e. The Kier molecular flexibility index (Phi) is 7.18. The van der Waals surface area contributed by atoms with Crippen molar-refractivity contribution >= 4 is 23.2 Å². The highest BCUT2D eigenvalue weighted by atomic mass is 16.5. The summed E-state index contributed by atoms with van der Waals surface area (Å²) in [5, 5.41) is 4.13.